The van der Waals surface area contributed by atoms with Crippen LogP contribution >= 0.6 is 0 Å². The molecule has 3 atom stereocenters. The first-order chi connectivity index (χ1) is 8.67. The molecule has 1 aromatic carbocycles. The number of hydrogen-bond acceptors (Lipinski definition) is 3. The Hall–Kier alpha value is -1.06. The largest absolute Gasteiger partial charge is 0.496 e. The third kappa shape index (κ3) is 2.52. The van der Waals surface area contributed by atoms with Crippen LogP contribution in [0.5, 0.6) is 5.75 Å². The Morgan fingerprint density at radius 2 is 2.28 bits per heavy atom. The molecule has 100 valence electrons. The van der Waals surface area contributed by atoms with Gasteiger partial charge in [0.2, 0.25) is 0 Å². The Bertz CT molecular complexity index is 405. The van der Waals surface area contributed by atoms with Gasteiger partial charge in [0.05, 0.1) is 13.2 Å². The van der Waals surface area contributed by atoms with Gasteiger partial charge in [-0.05, 0) is 37.0 Å². The van der Waals surface area contributed by atoms with Crippen LogP contribution < -0.4 is 10.5 Å². The predicted octanol–water partition coefficient (Wildman–Crippen LogP) is 2.82. The highest BCUT2D eigenvalue weighted by Crippen LogP contribution is 2.34. The van der Waals surface area contributed by atoms with Crippen molar-refractivity contribution >= 4 is 0 Å². The molecule has 0 amide bonds. The molecule has 1 aliphatic rings. The molecule has 3 heteroatoms. The van der Waals surface area contributed by atoms with Crippen LogP contribution in [0.15, 0.2) is 18.2 Å². The van der Waals surface area contributed by atoms with Gasteiger partial charge in [0.25, 0.3) is 0 Å². The molecule has 1 heterocycles. The quantitative estimate of drug-likeness (QED) is 0.892. The minimum absolute atomic E-state index is 0.0575. The van der Waals surface area contributed by atoms with Crippen LogP contribution in [0.3, 0.4) is 0 Å². The average Bonchev–Trinajstić information content (AvgIpc) is 2.86. The minimum Gasteiger partial charge on any atom is -0.496 e. The molecule has 0 radical (unpaired) electrons. The lowest BCUT2D eigenvalue weighted by Gasteiger charge is -2.24. The van der Waals surface area contributed by atoms with E-state index in [1.165, 1.54) is 5.56 Å². The van der Waals surface area contributed by atoms with Crippen LogP contribution in [0.2, 0.25) is 0 Å². The number of nitrogens with two attached hydrogens (primary N) is 1. The SMILES string of the molecule is CCC1OCCC1C(N)c1ccc(OC)c(C)c1. The third-order valence-corrected chi connectivity index (χ3v) is 3.93. The Balaban J connectivity index is 2.18. The van der Waals surface area contributed by atoms with Gasteiger partial charge < -0.3 is 15.2 Å². The maximum absolute atomic E-state index is 6.41. The Labute approximate surface area is 109 Å². The number of ether oxygens (including phenoxy) is 2. The molecule has 18 heavy (non-hydrogen) atoms. The van der Waals surface area contributed by atoms with E-state index >= 15 is 0 Å². The van der Waals surface area contributed by atoms with E-state index in [9.17, 15) is 0 Å². The van der Waals surface area contributed by atoms with Crippen LogP contribution in [0.1, 0.15) is 36.9 Å². The molecule has 2 rings (SSSR count). The van der Waals surface area contributed by atoms with E-state index in [0.29, 0.717) is 12.0 Å². The van der Waals surface area contributed by atoms with Crippen molar-refractivity contribution in [3.63, 3.8) is 0 Å². The lowest BCUT2D eigenvalue weighted by atomic mass is 9.87. The van der Waals surface area contributed by atoms with Gasteiger partial charge in [-0.2, -0.15) is 0 Å². The second-order valence-corrected chi connectivity index (χ2v) is 5.02. The van der Waals surface area contributed by atoms with Gasteiger partial charge in [-0.3, -0.25) is 0 Å². The van der Waals surface area contributed by atoms with E-state index in [1.54, 1.807) is 7.11 Å². The summed E-state index contributed by atoms with van der Waals surface area (Å²) in [5.41, 5.74) is 8.72. The van der Waals surface area contributed by atoms with Crippen molar-refractivity contribution < 1.29 is 9.47 Å². The summed E-state index contributed by atoms with van der Waals surface area (Å²) >= 11 is 0. The lowest BCUT2D eigenvalue weighted by Crippen LogP contribution is -2.28. The fourth-order valence-electron chi connectivity index (χ4n) is 2.85. The van der Waals surface area contributed by atoms with E-state index in [0.717, 1.165) is 30.8 Å². The molecule has 2 N–H and O–H groups in total. The van der Waals surface area contributed by atoms with Crippen molar-refractivity contribution in [2.75, 3.05) is 13.7 Å². The molecule has 1 saturated heterocycles. The summed E-state index contributed by atoms with van der Waals surface area (Å²) < 4.78 is 11.0. The van der Waals surface area contributed by atoms with E-state index < -0.39 is 0 Å². The first-order valence-corrected chi connectivity index (χ1v) is 6.69. The molecule has 3 unspecified atom stereocenters. The molecular weight excluding hydrogens is 226 g/mol. The molecule has 0 saturated carbocycles. The van der Waals surface area contributed by atoms with Gasteiger partial charge in [0.15, 0.2) is 0 Å². The molecule has 1 aromatic rings. The molecule has 3 nitrogen and oxygen atoms in total. The van der Waals surface area contributed by atoms with Crippen molar-refractivity contribution in [1.29, 1.82) is 0 Å². The number of hydrogen-bond donors (Lipinski definition) is 1. The summed E-state index contributed by atoms with van der Waals surface area (Å²) in [4.78, 5) is 0. The summed E-state index contributed by atoms with van der Waals surface area (Å²) in [5, 5.41) is 0. The van der Waals surface area contributed by atoms with Gasteiger partial charge in [0.1, 0.15) is 5.75 Å². The minimum atomic E-state index is 0.0575. The van der Waals surface area contributed by atoms with E-state index in [4.69, 9.17) is 15.2 Å². The first kappa shape index (κ1) is 13.4. The fraction of sp³-hybridized carbons (Fsp3) is 0.600. The van der Waals surface area contributed by atoms with Crippen LogP contribution in [0.4, 0.5) is 0 Å². The van der Waals surface area contributed by atoms with Crippen molar-refractivity contribution in [2.45, 2.75) is 38.8 Å². The molecule has 0 aliphatic carbocycles. The van der Waals surface area contributed by atoms with Crippen LogP contribution in [-0.4, -0.2) is 19.8 Å². The predicted molar refractivity (Wildman–Crippen MR) is 72.8 cm³/mol. The van der Waals surface area contributed by atoms with Crippen LogP contribution in [0, 0.1) is 12.8 Å². The zero-order valence-electron chi connectivity index (χ0n) is 11.5. The van der Waals surface area contributed by atoms with Crippen molar-refractivity contribution in [3.8, 4) is 5.75 Å². The maximum Gasteiger partial charge on any atom is 0.121 e. The zero-order chi connectivity index (χ0) is 13.1. The highest BCUT2D eigenvalue weighted by molar-refractivity contribution is 5.37. The normalized spacial score (nSPS) is 25.1. The van der Waals surface area contributed by atoms with Crippen molar-refractivity contribution in [2.24, 2.45) is 11.7 Å². The highest BCUT2D eigenvalue weighted by atomic mass is 16.5. The zero-order valence-corrected chi connectivity index (χ0v) is 11.5. The topological polar surface area (TPSA) is 44.5 Å². The van der Waals surface area contributed by atoms with Crippen molar-refractivity contribution in [1.82, 2.24) is 0 Å². The van der Waals surface area contributed by atoms with Crippen molar-refractivity contribution in [3.05, 3.63) is 29.3 Å². The Morgan fingerprint density at radius 1 is 1.50 bits per heavy atom. The monoisotopic (exact) mass is 249 g/mol. The van der Waals surface area contributed by atoms with E-state index in [-0.39, 0.29) is 6.04 Å². The third-order valence-electron chi connectivity index (χ3n) is 3.93. The second kappa shape index (κ2) is 5.72. The van der Waals surface area contributed by atoms with E-state index in [1.807, 2.05) is 6.07 Å². The molecule has 1 fully saturated rings. The van der Waals surface area contributed by atoms with Crippen LogP contribution in [-0.2, 0) is 4.74 Å². The average molecular weight is 249 g/mol. The molecular formula is C15H23NO2. The standard InChI is InChI=1S/C15H23NO2/c1-4-13-12(7-8-18-13)15(16)11-5-6-14(17-3)10(2)9-11/h5-6,9,12-13,15H,4,7-8,16H2,1-3H3. The summed E-state index contributed by atoms with van der Waals surface area (Å²) in [5.74, 6) is 1.35. The highest BCUT2D eigenvalue weighted by Gasteiger charge is 2.32. The summed E-state index contributed by atoms with van der Waals surface area (Å²) in [6.45, 7) is 5.05. The number of aryl methyl sites for hydroxylation is 1. The summed E-state index contributed by atoms with van der Waals surface area (Å²) in [6.07, 6.45) is 2.40. The Kier molecular flexibility index (Phi) is 4.25. The number of benzene rings is 1. The number of methoxy groups -OCH3 is 1. The fourth-order valence-corrected chi connectivity index (χ4v) is 2.85. The van der Waals surface area contributed by atoms with E-state index in [2.05, 4.69) is 26.0 Å². The molecule has 0 spiro atoms. The van der Waals surface area contributed by atoms with Crippen LogP contribution in [0.25, 0.3) is 0 Å². The van der Waals surface area contributed by atoms with Gasteiger partial charge in [-0.15, -0.1) is 0 Å². The summed E-state index contributed by atoms with van der Waals surface area (Å²) in [6, 6.07) is 6.26. The second-order valence-electron chi connectivity index (χ2n) is 5.02. The molecule has 0 bridgehead atoms. The summed E-state index contributed by atoms with van der Waals surface area (Å²) in [7, 11) is 1.69. The Morgan fingerprint density at radius 3 is 2.89 bits per heavy atom. The first-order valence-electron chi connectivity index (χ1n) is 6.69. The van der Waals surface area contributed by atoms with Gasteiger partial charge in [-0.25, -0.2) is 0 Å². The van der Waals surface area contributed by atoms with Gasteiger partial charge in [-0.1, -0.05) is 19.1 Å². The smallest absolute Gasteiger partial charge is 0.121 e. The molecule has 1 aliphatic heterocycles. The van der Waals surface area contributed by atoms with Gasteiger partial charge in [0, 0.05) is 18.6 Å². The lowest BCUT2D eigenvalue weighted by molar-refractivity contribution is 0.0813. The number of rotatable bonds is 4. The molecule has 0 aromatic heterocycles. The van der Waals surface area contributed by atoms with Gasteiger partial charge >= 0.3 is 0 Å². The maximum atomic E-state index is 6.41.